The van der Waals surface area contributed by atoms with Crippen molar-refractivity contribution >= 4 is 16.5 Å². The molecule has 1 aromatic carbocycles. The van der Waals surface area contributed by atoms with Crippen LogP contribution in [-0.4, -0.2) is 37.6 Å². The van der Waals surface area contributed by atoms with E-state index in [-0.39, 0.29) is 0 Å². The fourth-order valence-electron chi connectivity index (χ4n) is 2.95. The van der Waals surface area contributed by atoms with Gasteiger partial charge in [-0.25, -0.2) is 4.72 Å². The molecule has 0 amide bonds. The average molecular weight is 369 g/mol. The second-order valence-corrected chi connectivity index (χ2v) is 8.78. The number of allylic oxidation sites excluding steroid dienone is 1. The molecule has 0 saturated carbocycles. The number of nitrogens with one attached hydrogen (secondary N) is 1. The van der Waals surface area contributed by atoms with Gasteiger partial charge in [0, 0.05) is 31.6 Å². The van der Waals surface area contributed by atoms with Gasteiger partial charge >= 0.3 is 0 Å². The second-order valence-electron chi connectivity index (χ2n) is 6.55. The highest BCUT2D eigenvalue weighted by atomic mass is 32.3. The van der Waals surface area contributed by atoms with Crippen LogP contribution in [0.4, 0.5) is 5.69 Å². The van der Waals surface area contributed by atoms with Crippen molar-refractivity contribution in [3.8, 4) is 0 Å². The molecule has 0 heterocycles. The van der Waals surface area contributed by atoms with E-state index in [0.717, 1.165) is 32.2 Å². The fraction of sp³-hybridized carbons (Fsp3) is 0.600. The maximum Gasteiger partial charge on any atom is 0.0619 e. The molecule has 0 fully saturated rings. The van der Waals surface area contributed by atoms with E-state index in [1.807, 2.05) is 0 Å². The van der Waals surface area contributed by atoms with E-state index in [2.05, 4.69) is 67.8 Å². The topological polar surface area (TPSA) is 44.7 Å². The average Bonchev–Trinajstić information content (AvgIpc) is 2.62. The first kappa shape index (κ1) is 22.0. The molecule has 2 unspecified atom stereocenters. The lowest BCUT2D eigenvalue weighted by Crippen LogP contribution is -2.31. The van der Waals surface area contributed by atoms with E-state index >= 15 is 0 Å². The van der Waals surface area contributed by atoms with Gasteiger partial charge in [0.1, 0.15) is 0 Å². The summed E-state index contributed by atoms with van der Waals surface area (Å²) in [5.41, 5.74) is 4.03. The van der Waals surface area contributed by atoms with Crippen LogP contribution in [0.1, 0.15) is 45.6 Å². The summed E-state index contributed by atoms with van der Waals surface area (Å²) in [6.45, 7) is 7.32. The molecule has 4 nitrogen and oxygen atoms in total. The molecule has 0 aliphatic rings. The number of unbranched alkanes of at least 4 members (excludes halogenated alkanes) is 1. The molecule has 0 radical (unpaired) electrons. The normalized spacial score (nSPS) is 17.0. The Morgan fingerprint density at radius 1 is 1.32 bits per heavy atom. The van der Waals surface area contributed by atoms with Crippen LogP contribution < -0.4 is 9.62 Å². The first-order valence-electron chi connectivity index (χ1n) is 9.10. The van der Waals surface area contributed by atoms with Crippen molar-refractivity contribution in [2.24, 2.45) is 0 Å². The number of likely N-dealkylation sites (N-methyl/N-ethyl adjacent to an activating group) is 1. The van der Waals surface area contributed by atoms with Gasteiger partial charge in [-0.15, -0.1) is 10.8 Å². The molecular weight excluding hydrogens is 332 g/mol. The summed E-state index contributed by atoms with van der Waals surface area (Å²) in [5.74, 6) is 0. The van der Waals surface area contributed by atoms with E-state index in [4.69, 9.17) is 4.18 Å². The number of nitrogens with zero attached hydrogens (tertiary/aromatic N) is 1. The minimum Gasteiger partial charge on any atom is -0.368 e. The first-order chi connectivity index (χ1) is 11.8. The Bertz CT molecular complexity index is 529. The van der Waals surface area contributed by atoms with Crippen molar-refractivity contribution < 1.29 is 8.74 Å². The number of anilines is 1. The molecule has 0 saturated heterocycles. The largest absolute Gasteiger partial charge is 0.368 e. The molecule has 1 aromatic rings. The molecule has 25 heavy (non-hydrogen) atoms. The maximum absolute atomic E-state index is 9.79. The van der Waals surface area contributed by atoms with Gasteiger partial charge in [-0.3, -0.25) is 8.74 Å². The Morgan fingerprint density at radius 2 is 1.96 bits per heavy atom. The summed E-state index contributed by atoms with van der Waals surface area (Å²) >= 11 is 0. The van der Waals surface area contributed by atoms with Gasteiger partial charge in [0.25, 0.3) is 0 Å². The van der Waals surface area contributed by atoms with Crippen molar-refractivity contribution in [1.29, 1.82) is 0 Å². The molecule has 0 aromatic heterocycles. The van der Waals surface area contributed by atoms with Crippen molar-refractivity contribution in [3.05, 3.63) is 41.5 Å². The Hall–Kier alpha value is -1.01. The van der Waals surface area contributed by atoms with Crippen molar-refractivity contribution in [2.45, 2.75) is 52.5 Å². The summed E-state index contributed by atoms with van der Waals surface area (Å²) in [7, 11) is 1.64. The van der Waals surface area contributed by atoms with Gasteiger partial charge < -0.3 is 4.90 Å². The van der Waals surface area contributed by atoms with E-state index in [1.165, 1.54) is 23.9 Å². The summed E-state index contributed by atoms with van der Waals surface area (Å²) in [5, 5.41) is 0. The third-order valence-corrected chi connectivity index (χ3v) is 6.15. The third-order valence-electron chi connectivity index (χ3n) is 4.77. The molecule has 2 N–H and O–H groups in total. The molecule has 1 rings (SSSR count). The molecule has 144 valence electrons. The van der Waals surface area contributed by atoms with E-state index in [1.54, 1.807) is 6.26 Å². The number of rotatable bonds is 11. The van der Waals surface area contributed by atoms with Crippen LogP contribution in [0.3, 0.4) is 0 Å². The van der Waals surface area contributed by atoms with Crippen LogP contribution in [0, 0.1) is 0 Å². The van der Waals surface area contributed by atoms with Gasteiger partial charge in [0.15, 0.2) is 0 Å². The molecule has 0 aliphatic carbocycles. The van der Waals surface area contributed by atoms with Crippen LogP contribution in [-0.2, 0) is 10.6 Å². The lowest BCUT2D eigenvalue weighted by molar-refractivity contribution is 0.389. The summed E-state index contributed by atoms with van der Waals surface area (Å²) in [6.07, 6.45) is 8.18. The molecule has 2 atom stereocenters. The Kier molecular flexibility index (Phi) is 9.57. The summed E-state index contributed by atoms with van der Waals surface area (Å²) in [6, 6.07) is 9.36. The monoisotopic (exact) mass is 368 g/mol. The zero-order valence-electron chi connectivity index (χ0n) is 16.7. The highest BCUT2D eigenvalue weighted by molar-refractivity contribution is 8.22. The quantitative estimate of drug-likeness (QED) is 0.418. The van der Waals surface area contributed by atoms with Crippen LogP contribution >= 0.6 is 10.8 Å². The molecular formula is C20H36N2O2S. The van der Waals surface area contributed by atoms with E-state index in [9.17, 15) is 4.55 Å². The lowest BCUT2D eigenvalue weighted by Gasteiger charge is -2.32. The smallest absolute Gasteiger partial charge is 0.0619 e. The van der Waals surface area contributed by atoms with Crippen molar-refractivity contribution in [3.63, 3.8) is 0 Å². The Morgan fingerprint density at radius 3 is 2.48 bits per heavy atom. The minimum atomic E-state index is -2.06. The molecule has 0 aliphatic heterocycles. The van der Waals surface area contributed by atoms with Gasteiger partial charge in [-0.2, -0.15) is 0 Å². The van der Waals surface area contributed by atoms with Crippen molar-refractivity contribution in [1.82, 2.24) is 4.72 Å². The molecule has 0 spiro atoms. The van der Waals surface area contributed by atoms with Gasteiger partial charge in [0.2, 0.25) is 0 Å². The zero-order chi connectivity index (χ0) is 18.9. The summed E-state index contributed by atoms with van der Waals surface area (Å²) < 4.78 is 17.9. The van der Waals surface area contributed by atoms with Crippen LogP contribution in [0.15, 0.2) is 35.9 Å². The lowest BCUT2D eigenvalue weighted by atomic mass is 10.0. The number of benzene rings is 1. The molecule has 0 bridgehead atoms. The number of hydrogen-bond donors (Lipinski definition) is 2. The van der Waals surface area contributed by atoms with Crippen LogP contribution in [0.25, 0.3) is 0 Å². The zero-order valence-corrected chi connectivity index (χ0v) is 17.5. The highest BCUT2D eigenvalue weighted by Crippen LogP contribution is 2.33. The first-order valence-corrected chi connectivity index (χ1v) is 11.0. The highest BCUT2D eigenvalue weighted by Gasteiger charge is 2.14. The van der Waals surface area contributed by atoms with E-state index in [0.29, 0.717) is 6.04 Å². The fourth-order valence-corrected chi connectivity index (χ4v) is 3.59. The predicted molar refractivity (Wildman–Crippen MR) is 112 cm³/mol. The van der Waals surface area contributed by atoms with E-state index < -0.39 is 10.8 Å². The van der Waals surface area contributed by atoms with Gasteiger partial charge in [-0.1, -0.05) is 30.7 Å². The molecule has 5 heteroatoms. The van der Waals surface area contributed by atoms with Crippen LogP contribution in [0.2, 0.25) is 0 Å². The van der Waals surface area contributed by atoms with Gasteiger partial charge in [0.05, 0.1) is 7.11 Å². The summed E-state index contributed by atoms with van der Waals surface area (Å²) in [4.78, 5) is 2.36. The Labute approximate surface area is 156 Å². The Balaban J connectivity index is 2.48. The SMILES string of the molecule is C/C=C(\C)C(CC)N(C)c1ccc(CCCCNS(C)(O)OC)cc1. The number of hydrogen-bond acceptors (Lipinski definition) is 4. The number of aryl methyl sites for hydroxylation is 1. The third kappa shape index (κ3) is 7.40. The minimum absolute atomic E-state index is 0.456. The van der Waals surface area contributed by atoms with Crippen molar-refractivity contribution in [2.75, 3.05) is 31.9 Å². The van der Waals surface area contributed by atoms with Gasteiger partial charge in [-0.05, 0) is 57.2 Å². The second kappa shape index (κ2) is 10.9. The predicted octanol–water partition coefficient (Wildman–Crippen LogP) is 5.16. The maximum atomic E-state index is 9.79. The van der Waals surface area contributed by atoms with Crippen LogP contribution in [0.5, 0.6) is 0 Å². The standard InChI is InChI=1S/C20H36N2O2S/c1-7-17(3)20(8-2)22(4)19-14-12-18(13-15-19)11-9-10-16-21-25(6,23)24-5/h7,12-15,20-21,23H,8-11,16H2,1-6H3/b17-7+.